The van der Waals surface area contributed by atoms with Gasteiger partial charge in [0.2, 0.25) is 0 Å². The van der Waals surface area contributed by atoms with E-state index < -0.39 is 5.97 Å². The van der Waals surface area contributed by atoms with Crippen LogP contribution in [0.2, 0.25) is 0 Å². The minimum atomic E-state index is -0.624. The van der Waals surface area contributed by atoms with Gasteiger partial charge in [-0.25, -0.2) is 0 Å². The van der Waals surface area contributed by atoms with Gasteiger partial charge in [0.15, 0.2) is 0 Å². The van der Waals surface area contributed by atoms with Crippen molar-refractivity contribution in [1.29, 1.82) is 0 Å². The van der Waals surface area contributed by atoms with Gasteiger partial charge in [0.05, 0.1) is 5.92 Å². The Kier molecular flexibility index (Phi) is 3.72. The number of nitrogens with zero attached hydrogens (tertiary/aromatic N) is 1. The highest BCUT2D eigenvalue weighted by Gasteiger charge is 2.30. The predicted octanol–water partition coefficient (Wildman–Crippen LogP) is 1.58. The predicted molar refractivity (Wildman–Crippen MR) is 51.7 cm³/mol. The number of aliphatic carboxylic acids is 1. The van der Waals surface area contributed by atoms with Crippen LogP contribution in [0.4, 0.5) is 0 Å². The summed E-state index contributed by atoms with van der Waals surface area (Å²) in [4.78, 5) is 13.1. The van der Waals surface area contributed by atoms with Crippen LogP contribution >= 0.6 is 0 Å². The molecule has 3 heteroatoms. The normalized spacial score (nSPS) is 30.1. The zero-order valence-electron chi connectivity index (χ0n) is 8.49. The van der Waals surface area contributed by atoms with Crippen molar-refractivity contribution in [3.63, 3.8) is 0 Å². The van der Waals surface area contributed by atoms with Crippen LogP contribution in [0.25, 0.3) is 0 Å². The van der Waals surface area contributed by atoms with Crippen LogP contribution in [0.1, 0.15) is 32.1 Å². The van der Waals surface area contributed by atoms with Crippen LogP contribution in [0.15, 0.2) is 0 Å². The second kappa shape index (κ2) is 4.61. The van der Waals surface area contributed by atoms with Crippen LogP contribution in [-0.2, 0) is 4.79 Å². The fourth-order valence-electron chi connectivity index (χ4n) is 2.19. The lowest BCUT2D eigenvalue weighted by molar-refractivity contribution is -0.144. The summed E-state index contributed by atoms with van der Waals surface area (Å²) in [5.41, 5.74) is 0. The number of rotatable bonds is 2. The molecule has 1 N–H and O–H groups in total. The second-order valence-electron chi connectivity index (χ2n) is 4.11. The van der Waals surface area contributed by atoms with E-state index in [0.29, 0.717) is 0 Å². The number of carboxylic acid groups (broad SMARTS) is 1. The first-order valence-electron chi connectivity index (χ1n) is 5.02. The summed E-state index contributed by atoms with van der Waals surface area (Å²) in [7, 11) is 3.96. The van der Waals surface area contributed by atoms with Gasteiger partial charge in [-0.1, -0.05) is 19.3 Å². The molecule has 0 aromatic carbocycles. The molecular weight excluding hydrogens is 166 g/mol. The average molecular weight is 185 g/mol. The van der Waals surface area contributed by atoms with Gasteiger partial charge in [0, 0.05) is 6.04 Å². The molecule has 0 amide bonds. The zero-order chi connectivity index (χ0) is 9.84. The third kappa shape index (κ3) is 2.69. The van der Waals surface area contributed by atoms with Crippen molar-refractivity contribution in [2.75, 3.05) is 14.1 Å². The fourth-order valence-corrected chi connectivity index (χ4v) is 2.19. The van der Waals surface area contributed by atoms with E-state index in [1.807, 2.05) is 14.1 Å². The highest BCUT2D eigenvalue weighted by molar-refractivity contribution is 5.70. The first kappa shape index (κ1) is 10.5. The van der Waals surface area contributed by atoms with Gasteiger partial charge in [-0.15, -0.1) is 0 Å². The molecule has 1 saturated carbocycles. The van der Waals surface area contributed by atoms with Crippen LogP contribution in [0.3, 0.4) is 0 Å². The minimum absolute atomic E-state index is 0.155. The Morgan fingerprint density at radius 1 is 1.23 bits per heavy atom. The summed E-state index contributed by atoms with van der Waals surface area (Å²) in [6.07, 6.45) is 5.31. The second-order valence-corrected chi connectivity index (χ2v) is 4.11. The third-order valence-electron chi connectivity index (χ3n) is 2.96. The van der Waals surface area contributed by atoms with Gasteiger partial charge in [0.1, 0.15) is 0 Å². The molecule has 2 atom stereocenters. The maximum Gasteiger partial charge on any atom is 0.308 e. The Hall–Kier alpha value is -0.570. The van der Waals surface area contributed by atoms with Crippen molar-refractivity contribution in [2.45, 2.75) is 38.1 Å². The van der Waals surface area contributed by atoms with Crippen molar-refractivity contribution < 1.29 is 9.90 Å². The van der Waals surface area contributed by atoms with Gasteiger partial charge in [-0.05, 0) is 26.9 Å². The molecule has 1 aliphatic rings. The maximum absolute atomic E-state index is 11.0. The molecule has 76 valence electrons. The average Bonchev–Trinajstić information content (AvgIpc) is 2.27. The lowest BCUT2D eigenvalue weighted by Gasteiger charge is -2.27. The van der Waals surface area contributed by atoms with E-state index in [-0.39, 0.29) is 12.0 Å². The van der Waals surface area contributed by atoms with Gasteiger partial charge in [-0.3, -0.25) is 4.79 Å². The molecule has 3 nitrogen and oxygen atoms in total. The molecule has 0 unspecified atom stereocenters. The van der Waals surface area contributed by atoms with Crippen molar-refractivity contribution in [2.24, 2.45) is 5.92 Å². The Morgan fingerprint density at radius 3 is 2.38 bits per heavy atom. The molecule has 0 heterocycles. The standard InChI is InChI=1S/C10H19NO2/c1-11(2)9-7-5-3-4-6-8(9)10(12)13/h8-9H,3-7H2,1-2H3,(H,12,13)/t8-,9-/m1/s1. The van der Waals surface area contributed by atoms with E-state index in [1.54, 1.807) is 0 Å². The Labute approximate surface area is 79.7 Å². The summed E-state index contributed by atoms with van der Waals surface area (Å²) in [6, 6.07) is 0.236. The summed E-state index contributed by atoms with van der Waals surface area (Å²) in [5, 5.41) is 9.06. The van der Waals surface area contributed by atoms with Gasteiger partial charge in [-0.2, -0.15) is 0 Å². The van der Waals surface area contributed by atoms with Crippen LogP contribution in [0, 0.1) is 5.92 Å². The van der Waals surface area contributed by atoms with E-state index in [9.17, 15) is 4.79 Å². The quantitative estimate of drug-likeness (QED) is 0.664. The van der Waals surface area contributed by atoms with E-state index >= 15 is 0 Å². The number of hydrogen-bond donors (Lipinski definition) is 1. The molecule has 1 aliphatic carbocycles. The fraction of sp³-hybridized carbons (Fsp3) is 0.900. The van der Waals surface area contributed by atoms with E-state index in [0.717, 1.165) is 19.3 Å². The highest BCUT2D eigenvalue weighted by Crippen LogP contribution is 2.26. The summed E-state index contributed by atoms with van der Waals surface area (Å²) < 4.78 is 0. The smallest absolute Gasteiger partial charge is 0.308 e. The molecule has 0 aromatic rings. The number of hydrogen-bond acceptors (Lipinski definition) is 2. The van der Waals surface area contributed by atoms with E-state index in [4.69, 9.17) is 5.11 Å². The monoisotopic (exact) mass is 185 g/mol. The summed E-state index contributed by atoms with van der Waals surface area (Å²) in [5.74, 6) is -0.780. The lowest BCUT2D eigenvalue weighted by Crippen LogP contribution is -2.38. The van der Waals surface area contributed by atoms with Crippen LogP contribution in [0.5, 0.6) is 0 Å². The molecule has 13 heavy (non-hydrogen) atoms. The topological polar surface area (TPSA) is 40.5 Å². The molecule has 0 aliphatic heterocycles. The molecule has 0 spiro atoms. The third-order valence-corrected chi connectivity index (χ3v) is 2.96. The lowest BCUT2D eigenvalue weighted by atomic mass is 9.94. The largest absolute Gasteiger partial charge is 0.481 e. The summed E-state index contributed by atoms with van der Waals surface area (Å²) >= 11 is 0. The van der Waals surface area contributed by atoms with Crippen molar-refractivity contribution in [3.8, 4) is 0 Å². The minimum Gasteiger partial charge on any atom is -0.481 e. The first-order chi connectivity index (χ1) is 6.13. The molecule has 0 aromatic heterocycles. The van der Waals surface area contributed by atoms with Gasteiger partial charge >= 0.3 is 5.97 Å². The number of carbonyl (C=O) groups is 1. The Balaban J connectivity index is 2.66. The highest BCUT2D eigenvalue weighted by atomic mass is 16.4. The SMILES string of the molecule is CN(C)[C@@H]1CCCCC[C@H]1C(=O)O. The van der Waals surface area contributed by atoms with E-state index in [1.165, 1.54) is 12.8 Å². The van der Waals surface area contributed by atoms with Crippen molar-refractivity contribution in [1.82, 2.24) is 4.90 Å². The van der Waals surface area contributed by atoms with E-state index in [2.05, 4.69) is 4.90 Å². The van der Waals surface area contributed by atoms with Gasteiger partial charge < -0.3 is 10.0 Å². The first-order valence-corrected chi connectivity index (χ1v) is 5.02. The number of carboxylic acids is 1. The summed E-state index contributed by atoms with van der Waals surface area (Å²) in [6.45, 7) is 0. The Morgan fingerprint density at radius 2 is 1.85 bits per heavy atom. The van der Waals surface area contributed by atoms with Gasteiger partial charge in [0.25, 0.3) is 0 Å². The molecule has 1 fully saturated rings. The zero-order valence-corrected chi connectivity index (χ0v) is 8.49. The van der Waals surface area contributed by atoms with Crippen LogP contribution in [-0.4, -0.2) is 36.1 Å². The molecule has 0 bridgehead atoms. The van der Waals surface area contributed by atoms with Crippen molar-refractivity contribution >= 4 is 5.97 Å². The van der Waals surface area contributed by atoms with Crippen molar-refractivity contribution in [3.05, 3.63) is 0 Å². The molecule has 0 radical (unpaired) electrons. The molecule has 1 rings (SSSR count). The Bertz CT molecular complexity index is 180. The molecule has 0 saturated heterocycles. The maximum atomic E-state index is 11.0. The van der Waals surface area contributed by atoms with Crippen LogP contribution < -0.4 is 0 Å². The molecular formula is C10H19NO2.